The van der Waals surface area contributed by atoms with Crippen LogP contribution in [0.4, 0.5) is 0 Å². The van der Waals surface area contributed by atoms with Gasteiger partial charge in [0, 0.05) is 6.42 Å². The fourth-order valence-corrected chi connectivity index (χ4v) is 9.29. The number of quaternary nitrogens is 1. The molecular formula is C55H111N2O6P. The highest BCUT2D eigenvalue weighted by Gasteiger charge is 2.23. The normalized spacial score (nSPS) is 14.0. The number of aliphatic hydroxyl groups excluding tert-OH is 1. The number of phosphoric ester groups is 1. The first kappa shape index (κ1) is 63.2. The van der Waals surface area contributed by atoms with E-state index in [1.807, 2.05) is 27.2 Å². The summed E-state index contributed by atoms with van der Waals surface area (Å²) in [5.41, 5.74) is 0. The lowest BCUT2D eigenvalue weighted by Gasteiger charge is -2.29. The molecule has 382 valence electrons. The van der Waals surface area contributed by atoms with Crippen LogP contribution in [0.2, 0.25) is 0 Å². The Morgan fingerprint density at radius 2 is 0.844 bits per heavy atom. The third-order valence-electron chi connectivity index (χ3n) is 13.0. The molecule has 3 unspecified atom stereocenters. The quantitative estimate of drug-likeness (QED) is 0.0272. The van der Waals surface area contributed by atoms with Crippen molar-refractivity contribution in [3.05, 3.63) is 12.2 Å². The van der Waals surface area contributed by atoms with Gasteiger partial charge in [0.15, 0.2) is 0 Å². The van der Waals surface area contributed by atoms with Crippen molar-refractivity contribution in [3.63, 3.8) is 0 Å². The van der Waals surface area contributed by atoms with Crippen molar-refractivity contribution in [3.8, 4) is 0 Å². The molecule has 3 atom stereocenters. The Morgan fingerprint density at radius 3 is 1.17 bits per heavy atom. The maximum Gasteiger partial charge on any atom is 0.268 e. The molecule has 0 radical (unpaired) electrons. The number of nitrogens with one attached hydrogen (secondary N) is 1. The summed E-state index contributed by atoms with van der Waals surface area (Å²) < 4.78 is 23.1. The summed E-state index contributed by atoms with van der Waals surface area (Å²) in [5.74, 6) is -0.196. The van der Waals surface area contributed by atoms with Gasteiger partial charge in [-0.15, -0.1) is 0 Å². The van der Waals surface area contributed by atoms with Crippen molar-refractivity contribution in [2.75, 3.05) is 40.9 Å². The Bertz CT molecular complexity index is 1050. The number of unbranched alkanes of at least 4 members (excludes halogenated alkanes) is 39. The van der Waals surface area contributed by atoms with E-state index in [1.165, 1.54) is 225 Å². The minimum Gasteiger partial charge on any atom is -0.756 e. The molecule has 0 aromatic heterocycles. The summed E-state index contributed by atoms with van der Waals surface area (Å²) in [6.45, 7) is 4.61. The second kappa shape index (κ2) is 47.3. The molecule has 0 aromatic carbocycles. The van der Waals surface area contributed by atoms with Gasteiger partial charge in [-0.2, -0.15) is 0 Å². The number of hydrogen-bond donors (Lipinski definition) is 2. The van der Waals surface area contributed by atoms with Gasteiger partial charge in [-0.25, -0.2) is 0 Å². The topological polar surface area (TPSA) is 108 Å². The first-order chi connectivity index (χ1) is 31.0. The summed E-state index contributed by atoms with van der Waals surface area (Å²) in [5, 5.41) is 13.7. The van der Waals surface area contributed by atoms with Crippen molar-refractivity contribution in [2.45, 2.75) is 296 Å². The number of carbonyl (C=O) groups excluding carboxylic acids is 1. The van der Waals surface area contributed by atoms with Gasteiger partial charge >= 0.3 is 0 Å². The Morgan fingerprint density at radius 1 is 0.531 bits per heavy atom. The molecule has 0 rings (SSSR count). The van der Waals surface area contributed by atoms with Crippen LogP contribution in [0.1, 0.15) is 284 Å². The van der Waals surface area contributed by atoms with Gasteiger partial charge in [0.05, 0.1) is 39.9 Å². The van der Waals surface area contributed by atoms with Crippen molar-refractivity contribution >= 4 is 13.7 Å². The zero-order valence-electron chi connectivity index (χ0n) is 43.5. The van der Waals surface area contributed by atoms with Crippen LogP contribution in [0.25, 0.3) is 0 Å². The molecule has 0 fully saturated rings. The average molecular weight is 927 g/mol. The predicted octanol–water partition coefficient (Wildman–Crippen LogP) is 16.0. The van der Waals surface area contributed by atoms with E-state index in [0.717, 1.165) is 38.5 Å². The highest BCUT2D eigenvalue weighted by Crippen LogP contribution is 2.38. The summed E-state index contributed by atoms with van der Waals surface area (Å²) in [6.07, 6.45) is 57.8. The van der Waals surface area contributed by atoms with E-state index in [2.05, 4.69) is 19.2 Å². The predicted molar refractivity (Wildman–Crippen MR) is 275 cm³/mol. The molecule has 0 saturated heterocycles. The summed E-state index contributed by atoms with van der Waals surface area (Å²) in [6, 6.07) is -0.879. The molecule has 0 saturated carbocycles. The molecule has 0 aliphatic carbocycles. The number of hydrogen-bond acceptors (Lipinski definition) is 6. The second-order valence-electron chi connectivity index (χ2n) is 20.7. The standard InChI is InChI=1S/C55H111N2O6P/c1-6-8-10-12-14-15-16-17-18-19-20-21-22-23-24-25-26-27-28-29-30-31-32-33-34-35-36-37-38-39-40-41-43-45-47-49-55(59)56-53(54(58)48-46-44-42-13-11-9-7-2)52-63-64(60,61)62-51-50-57(3,4)5/h46,48,53-54,58H,6-45,47,49-52H2,1-5H3,(H-,56,59,60,61)/b48-46+. The highest BCUT2D eigenvalue weighted by molar-refractivity contribution is 7.45. The Hall–Kier alpha value is -0.760. The van der Waals surface area contributed by atoms with Crippen LogP contribution < -0.4 is 10.2 Å². The van der Waals surface area contributed by atoms with E-state index in [4.69, 9.17) is 9.05 Å². The minimum atomic E-state index is -4.58. The number of allylic oxidation sites excluding steroid dienone is 1. The lowest BCUT2D eigenvalue weighted by molar-refractivity contribution is -0.870. The summed E-state index contributed by atoms with van der Waals surface area (Å²) in [4.78, 5) is 25.2. The maximum absolute atomic E-state index is 12.8. The van der Waals surface area contributed by atoms with Gasteiger partial charge in [-0.05, 0) is 19.3 Å². The van der Waals surface area contributed by atoms with Crippen molar-refractivity contribution < 1.29 is 32.9 Å². The van der Waals surface area contributed by atoms with Gasteiger partial charge in [-0.1, -0.05) is 270 Å². The van der Waals surface area contributed by atoms with E-state index >= 15 is 0 Å². The number of likely N-dealkylation sites (N-methyl/N-ethyl adjacent to an activating group) is 1. The summed E-state index contributed by atoms with van der Waals surface area (Å²) in [7, 11) is 1.27. The molecule has 9 heteroatoms. The molecule has 0 spiro atoms. The van der Waals surface area contributed by atoms with Gasteiger partial charge in [0.25, 0.3) is 7.82 Å². The zero-order chi connectivity index (χ0) is 47.1. The van der Waals surface area contributed by atoms with E-state index in [9.17, 15) is 19.4 Å². The first-order valence-corrected chi connectivity index (χ1v) is 29.5. The number of carbonyl (C=O) groups is 1. The van der Waals surface area contributed by atoms with Crippen LogP contribution in [0, 0.1) is 0 Å². The van der Waals surface area contributed by atoms with E-state index in [-0.39, 0.29) is 19.1 Å². The molecule has 8 nitrogen and oxygen atoms in total. The fourth-order valence-electron chi connectivity index (χ4n) is 8.57. The van der Waals surface area contributed by atoms with Crippen LogP contribution in [-0.2, 0) is 18.4 Å². The van der Waals surface area contributed by atoms with Crippen LogP contribution in [0.5, 0.6) is 0 Å². The van der Waals surface area contributed by atoms with E-state index < -0.39 is 20.0 Å². The Balaban J connectivity index is 3.76. The monoisotopic (exact) mass is 927 g/mol. The molecule has 0 heterocycles. The van der Waals surface area contributed by atoms with E-state index in [0.29, 0.717) is 17.4 Å². The lowest BCUT2D eigenvalue weighted by atomic mass is 10.0. The average Bonchev–Trinajstić information content (AvgIpc) is 3.25. The second-order valence-corrected chi connectivity index (χ2v) is 22.1. The fraction of sp³-hybridized carbons (Fsp3) is 0.945. The highest BCUT2D eigenvalue weighted by atomic mass is 31.2. The molecule has 0 aliphatic heterocycles. The lowest BCUT2D eigenvalue weighted by Crippen LogP contribution is -2.45. The molecule has 1 amide bonds. The third kappa shape index (κ3) is 49.2. The number of amides is 1. The van der Waals surface area contributed by atoms with Gasteiger partial charge in [-0.3, -0.25) is 9.36 Å². The van der Waals surface area contributed by atoms with Gasteiger partial charge in [0.2, 0.25) is 5.91 Å². The molecule has 2 N–H and O–H groups in total. The van der Waals surface area contributed by atoms with Crippen LogP contribution in [0.15, 0.2) is 12.2 Å². The van der Waals surface area contributed by atoms with Gasteiger partial charge in [0.1, 0.15) is 13.2 Å². The van der Waals surface area contributed by atoms with Crippen molar-refractivity contribution in [2.24, 2.45) is 0 Å². The molecule has 0 bridgehead atoms. The smallest absolute Gasteiger partial charge is 0.268 e. The van der Waals surface area contributed by atoms with Crippen LogP contribution in [0.3, 0.4) is 0 Å². The number of nitrogens with zero attached hydrogens (tertiary/aromatic N) is 1. The number of rotatable bonds is 52. The minimum absolute atomic E-state index is 0.00153. The van der Waals surface area contributed by atoms with Crippen LogP contribution in [-0.4, -0.2) is 68.5 Å². The maximum atomic E-state index is 12.8. The van der Waals surface area contributed by atoms with Gasteiger partial charge < -0.3 is 28.8 Å². The Labute approximate surface area is 399 Å². The largest absolute Gasteiger partial charge is 0.756 e. The Kier molecular flexibility index (Phi) is 46.8. The van der Waals surface area contributed by atoms with Crippen molar-refractivity contribution in [1.29, 1.82) is 0 Å². The SMILES string of the molecule is CCCCCCC/C=C/C(O)C(COP(=O)([O-])OCC[N+](C)(C)C)NC(=O)CCCCCCCCCCCCCCCCCCCCCCCCCCCCCCCCCCCCC. The summed E-state index contributed by atoms with van der Waals surface area (Å²) >= 11 is 0. The van der Waals surface area contributed by atoms with Crippen molar-refractivity contribution in [1.82, 2.24) is 5.32 Å². The van der Waals surface area contributed by atoms with Crippen LogP contribution >= 0.6 is 7.82 Å². The third-order valence-corrected chi connectivity index (χ3v) is 14.0. The zero-order valence-corrected chi connectivity index (χ0v) is 44.4. The molecule has 0 aliphatic rings. The number of aliphatic hydroxyl groups is 1. The molecular weight excluding hydrogens is 816 g/mol. The number of phosphoric acid groups is 1. The van der Waals surface area contributed by atoms with E-state index in [1.54, 1.807) is 6.08 Å². The molecule has 0 aromatic rings. The molecule has 64 heavy (non-hydrogen) atoms. The first-order valence-electron chi connectivity index (χ1n) is 28.1.